The molecule has 1 saturated heterocycles. The van der Waals surface area contributed by atoms with E-state index < -0.39 is 0 Å². The van der Waals surface area contributed by atoms with Gasteiger partial charge in [-0.15, -0.1) is 0 Å². The monoisotopic (exact) mass is 302 g/mol. The topological polar surface area (TPSA) is 49.4 Å². The van der Waals surface area contributed by atoms with Gasteiger partial charge in [0.2, 0.25) is 11.8 Å². The van der Waals surface area contributed by atoms with E-state index >= 15 is 0 Å². The molecule has 1 unspecified atom stereocenters. The van der Waals surface area contributed by atoms with Gasteiger partial charge in [0, 0.05) is 24.7 Å². The van der Waals surface area contributed by atoms with Crippen molar-refractivity contribution < 1.29 is 9.59 Å². The van der Waals surface area contributed by atoms with Crippen molar-refractivity contribution in [3.05, 3.63) is 29.3 Å². The van der Waals surface area contributed by atoms with Gasteiger partial charge in [-0.1, -0.05) is 26.0 Å². The van der Waals surface area contributed by atoms with E-state index in [9.17, 15) is 9.59 Å². The van der Waals surface area contributed by atoms with Gasteiger partial charge in [-0.3, -0.25) is 9.59 Å². The fourth-order valence-electron chi connectivity index (χ4n) is 2.94. The second-order valence-corrected chi connectivity index (χ2v) is 6.22. The van der Waals surface area contributed by atoms with Crippen LogP contribution in [0.1, 0.15) is 44.2 Å². The molecule has 22 heavy (non-hydrogen) atoms. The summed E-state index contributed by atoms with van der Waals surface area (Å²) in [5, 5.41) is 3.06. The number of carbonyl (C=O) groups excluding carboxylic acids is 2. The van der Waals surface area contributed by atoms with Gasteiger partial charge in [0.15, 0.2) is 0 Å². The van der Waals surface area contributed by atoms with Crippen molar-refractivity contribution in [2.45, 2.75) is 53.0 Å². The van der Waals surface area contributed by atoms with Crippen molar-refractivity contribution >= 4 is 17.5 Å². The maximum Gasteiger partial charge on any atom is 0.227 e. The molecule has 0 radical (unpaired) electrons. The average molecular weight is 302 g/mol. The third-order valence-corrected chi connectivity index (χ3v) is 4.48. The summed E-state index contributed by atoms with van der Waals surface area (Å²) in [5.74, 6) is -0.193. The average Bonchev–Trinajstić information content (AvgIpc) is 2.89. The Kier molecular flexibility index (Phi) is 5.22. The van der Waals surface area contributed by atoms with Crippen LogP contribution in [0, 0.1) is 19.8 Å². The highest BCUT2D eigenvalue weighted by Crippen LogP contribution is 2.29. The summed E-state index contributed by atoms with van der Waals surface area (Å²) in [6.07, 6.45) is 2.15. The fourth-order valence-corrected chi connectivity index (χ4v) is 2.94. The van der Waals surface area contributed by atoms with E-state index in [4.69, 9.17) is 0 Å². The van der Waals surface area contributed by atoms with Crippen molar-refractivity contribution in [1.82, 2.24) is 5.32 Å². The molecule has 4 heteroatoms. The molecular formula is C18H26N2O2. The number of benzene rings is 1. The van der Waals surface area contributed by atoms with E-state index in [-0.39, 0.29) is 23.8 Å². The van der Waals surface area contributed by atoms with Gasteiger partial charge < -0.3 is 10.2 Å². The standard InChI is InChI=1S/C18H26N2O2/c1-5-15(6-2)19-18(22)14-10-17(21)20(11-14)16-9-12(3)7-8-13(16)4/h7-9,14-15H,5-6,10-11H2,1-4H3,(H,19,22). The summed E-state index contributed by atoms with van der Waals surface area (Å²) >= 11 is 0. The largest absolute Gasteiger partial charge is 0.353 e. The Hall–Kier alpha value is -1.84. The van der Waals surface area contributed by atoms with Gasteiger partial charge in [-0.25, -0.2) is 0 Å². The number of anilines is 1. The lowest BCUT2D eigenvalue weighted by Crippen LogP contribution is -2.39. The molecule has 1 fully saturated rings. The van der Waals surface area contributed by atoms with Gasteiger partial charge in [-0.05, 0) is 43.9 Å². The first-order chi connectivity index (χ1) is 10.5. The zero-order chi connectivity index (χ0) is 16.3. The first kappa shape index (κ1) is 16.5. The lowest BCUT2D eigenvalue weighted by Gasteiger charge is -2.21. The second-order valence-electron chi connectivity index (χ2n) is 6.22. The van der Waals surface area contributed by atoms with Crippen LogP contribution in [0.25, 0.3) is 0 Å². The fraction of sp³-hybridized carbons (Fsp3) is 0.556. The molecule has 1 N–H and O–H groups in total. The SMILES string of the molecule is CCC(CC)NC(=O)C1CC(=O)N(c2cc(C)ccc2C)C1. The van der Waals surface area contributed by atoms with Crippen molar-refractivity contribution in [1.29, 1.82) is 0 Å². The van der Waals surface area contributed by atoms with Crippen LogP contribution in [0.15, 0.2) is 18.2 Å². The molecule has 0 aromatic heterocycles. The molecule has 4 nitrogen and oxygen atoms in total. The van der Waals surface area contributed by atoms with Crippen molar-refractivity contribution in [2.75, 3.05) is 11.4 Å². The number of carbonyl (C=O) groups is 2. The van der Waals surface area contributed by atoms with Crippen LogP contribution < -0.4 is 10.2 Å². The molecule has 2 rings (SSSR count). The van der Waals surface area contributed by atoms with E-state index in [1.807, 2.05) is 32.0 Å². The van der Waals surface area contributed by atoms with Crippen molar-refractivity contribution in [3.8, 4) is 0 Å². The Bertz CT molecular complexity index is 564. The summed E-state index contributed by atoms with van der Waals surface area (Å²) in [6, 6.07) is 6.29. The molecule has 0 aliphatic carbocycles. The molecule has 1 heterocycles. The van der Waals surface area contributed by atoms with Crippen LogP contribution in [-0.2, 0) is 9.59 Å². The van der Waals surface area contributed by atoms with E-state index in [0.717, 1.165) is 29.7 Å². The van der Waals surface area contributed by atoms with Gasteiger partial charge in [0.05, 0.1) is 5.92 Å². The van der Waals surface area contributed by atoms with Crippen LogP contribution in [0.3, 0.4) is 0 Å². The minimum absolute atomic E-state index is 0.00913. The van der Waals surface area contributed by atoms with Crippen molar-refractivity contribution in [3.63, 3.8) is 0 Å². The molecule has 0 bridgehead atoms. The molecule has 1 aromatic carbocycles. The quantitative estimate of drug-likeness (QED) is 0.909. The number of nitrogens with zero attached hydrogens (tertiary/aromatic N) is 1. The molecule has 2 amide bonds. The van der Waals surface area contributed by atoms with E-state index in [0.29, 0.717) is 13.0 Å². The number of amides is 2. The Balaban J connectivity index is 2.10. The second kappa shape index (κ2) is 6.95. The van der Waals surface area contributed by atoms with E-state index in [1.54, 1.807) is 4.90 Å². The summed E-state index contributed by atoms with van der Waals surface area (Å²) in [7, 11) is 0. The van der Waals surface area contributed by atoms with Gasteiger partial charge >= 0.3 is 0 Å². The molecule has 120 valence electrons. The summed E-state index contributed by atoms with van der Waals surface area (Å²) in [6.45, 7) is 8.63. The molecular weight excluding hydrogens is 276 g/mol. The normalized spacial score (nSPS) is 18.1. The smallest absolute Gasteiger partial charge is 0.227 e. The minimum Gasteiger partial charge on any atom is -0.353 e. The van der Waals surface area contributed by atoms with Gasteiger partial charge in [0.1, 0.15) is 0 Å². The summed E-state index contributed by atoms with van der Waals surface area (Å²) < 4.78 is 0. The first-order valence-corrected chi connectivity index (χ1v) is 8.14. The highest BCUT2D eigenvalue weighted by molar-refractivity contribution is 6.00. The molecule has 0 spiro atoms. The molecule has 1 aromatic rings. The van der Waals surface area contributed by atoms with Crippen LogP contribution in [0.4, 0.5) is 5.69 Å². The Labute approximate surface area is 132 Å². The summed E-state index contributed by atoms with van der Waals surface area (Å²) in [4.78, 5) is 26.4. The van der Waals surface area contributed by atoms with Crippen LogP contribution in [-0.4, -0.2) is 24.4 Å². The Morgan fingerprint density at radius 2 is 2.00 bits per heavy atom. The molecule has 1 atom stereocenters. The highest BCUT2D eigenvalue weighted by Gasteiger charge is 2.36. The van der Waals surface area contributed by atoms with E-state index in [1.165, 1.54) is 0 Å². The predicted molar refractivity (Wildman–Crippen MR) is 88.9 cm³/mol. The van der Waals surface area contributed by atoms with Crippen molar-refractivity contribution in [2.24, 2.45) is 5.92 Å². The summed E-state index contributed by atoms with van der Waals surface area (Å²) in [5.41, 5.74) is 3.13. The number of hydrogen-bond acceptors (Lipinski definition) is 2. The third-order valence-electron chi connectivity index (χ3n) is 4.48. The predicted octanol–water partition coefficient (Wildman–Crippen LogP) is 2.96. The zero-order valence-electron chi connectivity index (χ0n) is 14.0. The number of hydrogen-bond donors (Lipinski definition) is 1. The molecule has 0 saturated carbocycles. The maximum absolute atomic E-state index is 12.4. The third kappa shape index (κ3) is 3.49. The molecule has 1 aliphatic heterocycles. The first-order valence-electron chi connectivity index (χ1n) is 8.14. The van der Waals surface area contributed by atoms with Crippen LogP contribution in [0.5, 0.6) is 0 Å². The number of rotatable bonds is 5. The lowest BCUT2D eigenvalue weighted by molar-refractivity contribution is -0.127. The van der Waals surface area contributed by atoms with Gasteiger partial charge in [-0.2, -0.15) is 0 Å². The van der Waals surface area contributed by atoms with E-state index in [2.05, 4.69) is 19.2 Å². The van der Waals surface area contributed by atoms with Crippen LogP contribution in [0.2, 0.25) is 0 Å². The minimum atomic E-state index is -0.243. The maximum atomic E-state index is 12.4. The molecule has 1 aliphatic rings. The van der Waals surface area contributed by atoms with Gasteiger partial charge in [0.25, 0.3) is 0 Å². The lowest BCUT2D eigenvalue weighted by atomic mass is 10.1. The zero-order valence-corrected chi connectivity index (χ0v) is 14.0. The van der Waals surface area contributed by atoms with Crippen LogP contribution >= 0.6 is 0 Å². The Morgan fingerprint density at radius 3 is 2.64 bits per heavy atom. The number of aryl methyl sites for hydroxylation is 2. The Morgan fingerprint density at radius 1 is 1.32 bits per heavy atom. The number of nitrogens with one attached hydrogen (secondary N) is 1. The highest BCUT2D eigenvalue weighted by atomic mass is 16.2.